The average molecular weight is 391 g/mol. The standard InChI is InChI=1S/C19H21NO6S/c1-3-26-19(23)16-12-15(10-9-13(16)2)27(24,25)20-17(18(21)22)11-14-7-5-4-6-8-14/h4-10,12,17,20H,3,11H2,1-2H3,(H,21,22)/t17-/m1/s1. The molecule has 8 heteroatoms. The topological polar surface area (TPSA) is 110 Å². The first-order valence-corrected chi connectivity index (χ1v) is 9.79. The number of nitrogens with one attached hydrogen (secondary N) is 1. The average Bonchev–Trinajstić information content (AvgIpc) is 2.62. The molecule has 0 unspecified atom stereocenters. The fourth-order valence-corrected chi connectivity index (χ4v) is 3.70. The van der Waals surface area contributed by atoms with Crippen LogP contribution in [0, 0.1) is 6.92 Å². The summed E-state index contributed by atoms with van der Waals surface area (Å²) in [7, 11) is -4.15. The highest BCUT2D eigenvalue weighted by atomic mass is 32.2. The van der Waals surface area contributed by atoms with Crippen LogP contribution in [-0.2, 0) is 26.0 Å². The molecule has 0 fully saturated rings. The van der Waals surface area contributed by atoms with Crippen LogP contribution in [0.2, 0.25) is 0 Å². The Kier molecular flexibility index (Phi) is 6.70. The van der Waals surface area contributed by atoms with Gasteiger partial charge in [0.1, 0.15) is 6.04 Å². The monoisotopic (exact) mass is 391 g/mol. The van der Waals surface area contributed by atoms with Crippen LogP contribution in [0.3, 0.4) is 0 Å². The van der Waals surface area contributed by atoms with E-state index < -0.39 is 28.0 Å². The summed E-state index contributed by atoms with van der Waals surface area (Å²) in [6.45, 7) is 3.47. The summed E-state index contributed by atoms with van der Waals surface area (Å²) in [6.07, 6.45) is -0.00794. The summed E-state index contributed by atoms with van der Waals surface area (Å²) in [5, 5.41) is 9.40. The number of hydrogen-bond donors (Lipinski definition) is 2. The van der Waals surface area contributed by atoms with E-state index in [1.54, 1.807) is 44.2 Å². The molecule has 0 spiro atoms. The van der Waals surface area contributed by atoms with E-state index in [4.69, 9.17) is 4.74 Å². The predicted octanol–water partition coefficient (Wildman–Crippen LogP) is 2.15. The number of carboxylic acid groups (broad SMARTS) is 1. The van der Waals surface area contributed by atoms with Gasteiger partial charge in [-0.25, -0.2) is 13.2 Å². The maximum Gasteiger partial charge on any atom is 0.338 e. The largest absolute Gasteiger partial charge is 0.480 e. The maximum absolute atomic E-state index is 12.7. The molecule has 0 aliphatic heterocycles. The summed E-state index contributed by atoms with van der Waals surface area (Å²) in [6, 6.07) is 11.4. The molecule has 0 bridgehead atoms. The van der Waals surface area contributed by atoms with Gasteiger partial charge in [-0.15, -0.1) is 0 Å². The molecule has 27 heavy (non-hydrogen) atoms. The molecule has 2 aromatic rings. The minimum absolute atomic E-state index is 0.00794. The molecule has 1 atom stereocenters. The quantitative estimate of drug-likeness (QED) is 0.667. The van der Waals surface area contributed by atoms with Crippen LogP contribution in [0.25, 0.3) is 0 Å². The molecule has 0 aliphatic rings. The molecule has 0 amide bonds. The highest BCUT2D eigenvalue weighted by Crippen LogP contribution is 2.18. The smallest absolute Gasteiger partial charge is 0.338 e. The molecule has 2 rings (SSSR count). The van der Waals surface area contributed by atoms with Crippen LogP contribution in [0.4, 0.5) is 0 Å². The number of ether oxygens (including phenoxy) is 1. The van der Waals surface area contributed by atoms with Gasteiger partial charge in [0.2, 0.25) is 10.0 Å². The van der Waals surface area contributed by atoms with Crippen molar-refractivity contribution in [1.29, 1.82) is 0 Å². The van der Waals surface area contributed by atoms with Gasteiger partial charge in [-0.05, 0) is 43.5 Å². The van der Waals surface area contributed by atoms with Crippen LogP contribution in [0.15, 0.2) is 53.4 Å². The van der Waals surface area contributed by atoms with E-state index in [2.05, 4.69) is 4.72 Å². The molecule has 0 radical (unpaired) electrons. The molecular weight excluding hydrogens is 370 g/mol. The third-order valence-corrected chi connectivity index (χ3v) is 5.36. The van der Waals surface area contributed by atoms with Crippen molar-refractivity contribution in [2.75, 3.05) is 6.61 Å². The second-order valence-corrected chi connectivity index (χ2v) is 7.61. The molecule has 144 valence electrons. The van der Waals surface area contributed by atoms with Gasteiger partial charge in [0.05, 0.1) is 17.1 Å². The Labute approximate surface area is 158 Å². The zero-order chi connectivity index (χ0) is 20.0. The number of carboxylic acids is 1. The lowest BCUT2D eigenvalue weighted by Gasteiger charge is -2.16. The van der Waals surface area contributed by atoms with Crippen LogP contribution >= 0.6 is 0 Å². The Hall–Kier alpha value is -2.71. The zero-order valence-electron chi connectivity index (χ0n) is 15.0. The number of esters is 1. The van der Waals surface area contributed by atoms with Crippen molar-refractivity contribution in [3.05, 3.63) is 65.2 Å². The second-order valence-electron chi connectivity index (χ2n) is 5.90. The van der Waals surface area contributed by atoms with Gasteiger partial charge in [-0.3, -0.25) is 4.79 Å². The van der Waals surface area contributed by atoms with Gasteiger partial charge >= 0.3 is 11.9 Å². The Morgan fingerprint density at radius 2 is 1.81 bits per heavy atom. The minimum atomic E-state index is -4.15. The Balaban J connectivity index is 2.29. The Morgan fingerprint density at radius 1 is 1.15 bits per heavy atom. The third-order valence-electron chi connectivity index (χ3n) is 3.89. The van der Waals surface area contributed by atoms with Crippen LogP contribution < -0.4 is 4.72 Å². The number of hydrogen-bond acceptors (Lipinski definition) is 5. The number of carbonyl (C=O) groups excluding carboxylic acids is 1. The lowest BCUT2D eigenvalue weighted by atomic mass is 10.1. The number of rotatable bonds is 8. The maximum atomic E-state index is 12.7. The summed E-state index contributed by atoms with van der Waals surface area (Å²) in [5.74, 6) is -1.92. The van der Waals surface area contributed by atoms with E-state index in [0.29, 0.717) is 11.1 Å². The van der Waals surface area contributed by atoms with Gasteiger partial charge < -0.3 is 9.84 Å². The van der Waals surface area contributed by atoms with Crippen LogP contribution in [0.5, 0.6) is 0 Å². The molecule has 2 aromatic carbocycles. The SMILES string of the molecule is CCOC(=O)c1cc(S(=O)(=O)N[C@H](Cc2ccccc2)C(=O)O)ccc1C. The molecule has 0 aromatic heterocycles. The predicted molar refractivity (Wildman–Crippen MR) is 99.0 cm³/mol. The fourth-order valence-electron chi connectivity index (χ4n) is 2.48. The lowest BCUT2D eigenvalue weighted by molar-refractivity contribution is -0.138. The highest BCUT2D eigenvalue weighted by molar-refractivity contribution is 7.89. The Morgan fingerprint density at radius 3 is 2.41 bits per heavy atom. The summed E-state index contributed by atoms with van der Waals surface area (Å²) >= 11 is 0. The Bertz CT molecular complexity index is 924. The van der Waals surface area contributed by atoms with Crippen molar-refractivity contribution in [2.45, 2.75) is 31.2 Å². The number of carbonyl (C=O) groups is 2. The number of sulfonamides is 1. The van der Waals surface area contributed by atoms with E-state index in [-0.39, 0.29) is 23.5 Å². The first-order chi connectivity index (χ1) is 12.7. The van der Waals surface area contributed by atoms with Crippen molar-refractivity contribution in [3.8, 4) is 0 Å². The first kappa shape index (κ1) is 20.6. The van der Waals surface area contributed by atoms with Crippen molar-refractivity contribution in [3.63, 3.8) is 0 Å². The molecule has 0 heterocycles. The third kappa shape index (κ3) is 5.38. The molecule has 0 saturated heterocycles. The van der Waals surface area contributed by atoms with Crippen molar-refractivity contribution >= 4 is 22.0 Å². The minimum Gasteiger partial charge on any atom is -0.480 e. The zero-order valence-corrected chi connectivity index (χ0v) is 15.8. The van der Waals surface area contributed by atoms with Crippen molar-refractivity contribution < 1.29 is 27.9 Å². The molecule has 2 N–H and O–H groups in total. The van der Waals surface area contributed by atoms with Gasteiger partial charge in [0, 0.05) is 0 Å². The van der Waals surface area contributed by atoms with Gasteiger partial charge in [-0.1, -0.05) is 36.4 Å². The fraction of sp³-hybridized carbons (Fsp3) is 0.263. The highest BCUT2D eigenvalue weighted by Gasteiger charge is 2.26. The molecular formula is C19H21NO6S. The summed E-state index contributed by atoms with van der Waals surface area (Å²) in [5.41, 5.74) is 1.37. The van der Waals surface area contributed by atoms with Gasteiger partial charge in [-0.2, -0.15) is 4.72 Å². The van der Waals surface area contributed by atoms with Crippen molar-refractivity contribution in [2.24, 2.45) is 0 Å². The summed E-state index contributed by atoms with van der Waals surface area (Å²) < 4.78 is 32.4. The van der Waals surface area contributed by atoms with E-state index in [0.717, 1.165) is 0 Å². The summed E-state index contributed by atoms with van der Waals surface area (Å²) in [4.78, 5) is 23.3. The van der Waals surface area contributed by atoms with Crippen molar-refractivity contribution in [1.82, 2.24) is 4.72 Å². The second kappa shape index (κ2) is 8.79. The van der Waals surface area contributed by atoms with E-state index in [1.165, 1.54) is 18.2 Å². The van der Waals surface area contributed by atoms with Crippen LogP contribution in [0.1, 0.15) is 28.4 Å². The number of aryl methyl sites for hydroxylation is 1. The molecule has 7 nitrogen and oxygen atoms in total. The van der Waals surface area contributed by atoms with Crippen LogP contribution in [-0.4, -0.2) is 38.1 Å². The lowest BCUT2D eigenvalue weighted by Crippen LogP contribution is -2.42. The number of benzene rings is 2. The van der Waals surface area contributed by atoms with Gasteiger partial charge in [0.15, 0.2) is 0 Å². The van der Waals surface area contributed by atoms with E-state index in [1.807, 2.05) is 0 Å². The van der Waals surface area contributed by atoms with Gasteiger partial charge in [0.25, 0.3) is 0 Å². The van der Waals surface area contributed by atoms with E-state index >= 15 is 0 Å². The number of aliphatic carboxylic acids is 1. The first-order valence-electron chi connectivity index (χ1n) is 8.31. The molecule has 0 aliphatic carbocycles. The van der Waals surface area contributed by atoms with E-state index in [9.17, 15) is 23.1 Å². The molecule has 0 saturated carbocycles. The normalized spacial score (nSPS) is 12.4.